The number of aryl methyl sites for hydroxylation is 2. The second kappa shape index (κ2) is 5.96. The van der Waals surface area contributed by atoms with Crippen molar-refractivity contribution in [2.75, 3.05) is 5.32 Å². The van der Waals surface area contributed by atoms with Crippen molar-refractivity contribution in [1.29, 1.82) is 5.26 Å². The van der Waals surface area contributed by atoms with E-state index in [0.717, 1.165) is 35.5 Å². The topological polar surface area (TPSA) is 111 Å². The first kappa shape index (κ1) is 16.0. The molecule has 0 saturated carbocycles. The van der Waals surface area contributed by atoms with E-state index in [0.29, 0.717) is 6.54 Å². The Kier molecular flexibility index (Phi) is 3.97. The Hall–Kier alpha value is -2.89. The number of nitrogens with zero attached hydrogens (tertiary/aromatic N) is 6. The minimum absolute atomic E-state index is 0.0336. The fourth-order valence-corrected chi connectivity index (χ4v) is 2.94. The lowest BCUT2D eigenvalue weighted by molar-refractivity contribution is 0.437. The fourth-order valence-electron chi connectivity index (χ4n) is 2.94. The van der Waals surface area contributed by atoms with Gasteiger partial charge in [-0.2, -0.15) is 10.4 Å². The van der Waals surface area contributed by atoms with E-state index >= 15 is 0 Å². The average Bonchev–Trinajstić information content (AvgIpc) is 3.00. The SMILES string of the molecule is CCc1nc2n(n1)C[C@H](Nc1c(C#N)c(=O)n(C)c(=O)n1C)CC2. The molecule has 0 saturated heterocycles. The van der Waals surface area contributed by atoms with Crippen LogP contribution < -0.4 is 16.6 Å². The highest BCUT2D eigenvalue weighted by atomic mass is 16.2. The summed E-state index contributed by atoms with van der Waals surface area (Å²) in [5, 5.41) is 16.9. The maximum absolute atomic E-state index is 12.1. The third-order valence-corrected chi connectivity index (χ3v) is 4.34. The average molecular weight is 329 g/mol. The van der Waals surface area contributed by atoms with Crippen LogP contribution in [0.4, 0.5) is 5.82 Å². The molecule has 1 atom stereocenters. The van der Waals surface area contributed by atoms with Gasteiger partial charge in [-0.05, 0) is 6.42 Å². The number of nitriles is 1. The van der Waals surface area contributed by atoms with Crippen LogP contribution in [-0.4, -0.2) is 29.9 Å². The quantitative estimate of drug-likeness (QED) is 0.815. The van der Waals surface area contributed by atoms with Gasteiger partial charge in [-0.15, -0.1) is 0 Å². The molecule has 0 radical (unpaired) electrons. The first-order valence-corrected chi connectivity index (χ1v) is 7.85. The van der Waals surface area contributed by atoms with Gasteiger partial charge in [0.25, 0.3) is 5.56 Å². The Labute approximate surface area is 138 Å². The zero-order chi connectivity index (χ0) is 17.4. The summed E-state index contributed by atoms with van der Waals surface area (Å²) in [5.74, 6) is 2.02. The molecule has 1 aliphatic heterocycles. The van der Waals surface area contributed by atoms with Gasteiger partial charge in [-0.25, -0.2) is 14.5 Å². The van der Waals surface area contributed by atoms with Crippen molar-refractivity contribution >= 4 is 5.82 Å². The summed E-state index contributed by atoms with van der Waals surface area (Å²) in [5.41, 5.74) is -1.11. The van der Waals surface area contributed by atoms with Crippen molar-refractivity contribution in [2.24, 2.45) is 14.1 Å². The molecule has 0 spiro atoms. The van der Waals surface area contributed by atoms with E-state index in [-0.39, 0.29) is 17.4 Å². The normalized spacial score (nSPS) is 16.5. The van der Waals surface area contributed by atoms with Gasteiger partial charge in [0.15, 0.2) is 11.4 Å². The predicted molar refractivity (Wildman–Crippen MR) is 86.8 cm³/mol. The van der Waals surface area contributed by atoms with Crippen LogP contribution in [0.2, 0.25) is 0 Å². The lowest BCUT2D eigenvalue weighted by Gasteiger charge is -2.25. The van der Waals surface area contributed by atoms with Gasteiger partial charge in [0.2, 0.25) is 0 Å². The molecule has 0 amide bonds. The molecule has 9 heteroatoms. The molecular weight excluding hydrogens is 310 g/mol. The standard InChI is InChI=1S/C15H19N7O2/c1-4-11-18-12-6-5-9(8-22(12)19-11)17-13-10(7-16)14(23)21(3)15(24)20(13)2/h9,17H,4-6,8H2,1-3H3/t9-/m1/s1. The van der Waals surface area contributed by atoms with Gasteiger partial charge in [0.05, 0.1) is 6.54 Å². The van der Waals surface area contributed by atoms with Gasteiger partial charge < -0.3 is 5.32 Å². The highest BCUT2D eigenvalue weighted by Crippen LogP contribution is 2.18. The van der Waals surface area contributed by atoms with Crippen LogP contribution in [-0.2, 0) is 33.5 Å². The van der Waals surface area contributed by atoms with Crippen LogP contribution in [0.5, 0.6) is 0 Å². The smallest absolute Gasteiger partial charge is 0.332 e. The van der Waals surface area contributed by atoms with Crippen LogP contribution in [0.25, 0.3) is 0 Å². The van der Waals surface area contributed by atoms with Crippen LogP contribution in [0, 0.1) is 11.3 Å². The minimum Gasteiger partial charge on any atom is -0.365 e. The van der Waals surface area contributed by atoms with E-state index in [4.69, 9.17) is 0 Å². The molecule has 126 valence electrons. The second-order valence-electron chi connectivity index (χ2n) is 5.90. The van der Waals surface area contributed by atoms with Crippen molar-refractivity contribution in [3.8, 4) is 6.07 Å². The molecule has 1 aliphatic rings. The molecule has 3 heterocycles. The van der Waals surface area contributed by atoms with Crippen LogP contribution in [0.1, 0.15) is 30.6 Å². The molecule has 2 aromatic heterocycles. The Balaban J connectivity index is 1.94. The lowest BCUT2D eigenvalue weighted by atomic mass is 10.1. The molecule has 2 aromatic rings. The molecule has 24 heavy (non-hydrogen) atoms. The van der Waals surface area contributed by atoms with Gasteiger partial charge in [0, 0.05) is 33.0 Å². The van der Waals surface area contributed by atoms with E-state index in [9.17, 15) is 14.9 Å². The second-order valence-corrected chi connectivity index (χ2v) is 5.90. The summed E-state index contributed by atoms with van der Waals surface area (Å²) in [7, 11) is 2.91. The monoisotopic (exact) mass is 329 g/mol. The molecule has 0 bridgehead atoms. The lowest BCUT2D eigenvalue weighted by Crippen LogP contribution is -2.42. The van der Waals surface area contributed by atoms with E-state index in [2.05, 4.69) is 15.4 Å². The summed E-state index contributed by atoms with van der Waals surface area (Å²) in [6.07, 6.45) is 2.32. The number of rotatable bonds is 3. The summed E-state index contributed by atoms with van der Waals surface area (Å²) in [4.78, 5) is 28.7. The minimum atomic E-state index is -0.589. The van der Waals surface area contributed by atoms with Crippen LogP contribution in [0.3, 0.4) is 0 Å². The zero-order valence-corrected chi connectivity index (χ0v) is 13.9. The summed E-state index contributed by atoms with van der Waals surface area (Å²) >= 11 is 0. The number of hydrogen-bond acceptors (Lipinski definition) is 6. The van der Waals surface area contributed by atoms with E-state index in [1.165, 1.54) is 11.6 Å². The number of anilines is 1. The predicted octanol–water partition coefficient (Wildman–Crippen LogP) is -0.464. The molecule has 9 nitrogen and oxygen atoms in total. The number of aromatic nitrogens is 5. The van der Waals surface area contributed by atoms with Crippen molar-refractivity contribution < 1.29 is 0 Å². The first-order chi connectivity index (χ1) is 11.5. The number of fused-ring (bicyclic) bond motifs is 1. The van der Waals surface area contributed by atoms with Crippen LogP contribution >= 0.6 is 0 Å². The highest BCUT2D eigenvalue weighted by Gasteiger charge is 2.24. The van der Waals surface area contributed by atoms with E-state index < -0.39 is 11.2 Å². The summed E-state index contributed by atoms with van der Waals surface area (Å²) < 4.78 is 4.09. The summed E-state index contributed by atoms with van der Waals surface area (Å²) in [6.45, 7) is 2.59. The molecule has 0 aliphatic carbocycles. The third-order valence-electron chi connectivity index (χ3n) is 4.34. The van der Waals surface area contributed by atoms with Crippen molar-refractivity contribution in [1.82, 2.24) is 23.9 Å². The zero-order valence-electron chi connectivity index (χ0n) is 13.9. The maximum atomic E-state index is 12.1. The third kappa shape index (κ3) is 2.50. The van der Waals surface area contributed by atoms with Crippen molar-refractivity contribution in [2.45, 2.75) is 38.8 Å². The Morgan fingerprint density at radius 3 is 2.75 bits per heavy atom. The summed E-state index contributed by atoms with van der Waals surface area (Å²) in [6, 6.07) is 1.87. The Morgan fingerprint density at radius 1 is 1.33 bits per heavy atom. The van der Waals surface area contributed by atoms with Crippen LogP contribution in [0.15, 0.2) is 9.59 Å². The largest absolute Gasteiger partial charge is 0.365 e. The first-order valence-electron chi connectivity index (χ1n) is 7.85. The van der Waals surface area contributed by atoms with Crippen molar-refractivity contribution in [3.63, 3.8) is 0 Å². The maximum Gasteiger partial charge on any atom is 0.332 e. The Bertz CT molecular complexity index is 944. The fraction of sp³-hybridized carbons (Fsp3) is 0.533. The Morgan fingerprint density at radius 2 is 2.08 bits per heavy atom. The molecule has 3 rings (SSSR count). The van der Waals surface area contributed by atoms with Gasteiger partial charge in [-0.1, -0.05) is 6.92 Å². The molecule has 0 aromatic carbocycles. The molecule has 1 N–H and O–H groups in total. The van der Waals surface area contributed by atoms with Gasteiger partial charge in [-0.3, -0.25) is 13.9 Å². The number of nitrogens with one attached hydrogen (secondary N) is 1. The molecule has 0 fully saturated rings. The number of hydrogen-bond donors (Lipinski definition) is 1. The molecule has 0 unspecified atom stereocenters. The van der Waals surface area contributed by atoms with Gasteiger partial charge >= 0.3 is 5.69 Å². The van der Waals surface area contributed by atoms with E-state index in [1.807, 2.05) is 17.7 Å². The van der Waals surface area contributed by atoms with E-state index in [1.54, 1.807) is 7.05 Å². The highest BCUT2D eigenvalue weighted by molar-refractivity contribution is 5.51. The molecular formula is C15H19N7O2. The van der Waals surface area contributed by atoms with Gasteiger partial charge in [0.1, 0.15) is 17.7 Å². The van der Waals surface area contributed by atoms with Crippen molar-refractivity contribution in [3.05, 3.63) is 38.1 Å².